The lowest BCUT2D eigenvalue weighted by Crippen LogP contribution is -2.37. The highest BCUT2D eigenvalue weighted by atomic mass is 32.2. The number of rotatable bonds is 7. The van der Waals surface area contributed by atoms with Crippen LogP contribution in [0.25, 0.3) is 0 Å². The van der Waals surface area contributed by atoms with Crippen LogP contribution >= 0.6 is 0 Å². The Hall–Kier alpha value is -2.90. The second-order valence-corrected chi connectivity index (χ2v) is 8.47. The minimum Gasteiger partial charge on any atom is -0.468 e. The molecule has 7 heteroatoms. The van der Waals surface area contributed by atoms with Crippen molar-refractivity contribution in [3.05, 3.63) is 83.8 Å². The number of nitrogens with one attached hydrogen (secondary N) is 1. The zero-order valence-corrected chi connectivity index (χ0v) is 16.6. The van der Waals surface area contributed by atoms with E-state index in [-0.39, 0.29) is 18.0 Å². The molecular weight excluding hydrogens is 376 g/mol. The quantitative estimate of drug-likeness (QED) is 0.658. The molecule has 0 spiro atoms. The molecule has 0 unspecified atom stereocenters. The maximum atomic E-state index is 13.1. The molecule has 1 N–H and O–H groups in total. The average molecular weight is 398 g/mol. The van der Waals surface area contributed by atoms with Crippen LogP contribution in [0.15, 0.2) is 76.2 Å². The number of aryl methyl sites for hydroxylation is 2. The molecule has 0 radical (unpaired) electrons. The van der Waals surface area contributed by atoms with Crippen molar-refractivity contribution in [2.75, 3.05) is 11.9 Å². The van der Waals surface area contributed by atoms with Gasteiger partial charge < -0.3 is 9.73 Å². The van der Waals surface area contributed by atoms with Gasteiger partial charge in [-0.1, -0.05) is 35.9 Å². The van der Waals surface area contributed by atoms with Crippen molar-refractivity contribution in [2.24, 2.45) is 0 Å². The number of carbonyl (C=O) groups excluding carboxylic acids is 1. The summed E-state index contributed by atoms with van der Waals surface area (Å²) in [5.41, 5.74) is 2.66. The van der Waals surface area contributed by atoms with Gasteiger partial charge >= 0.3 is 0 Å². The monoisotopic (exact) mass is 398 g/mol. The molecule has 0 bridgehead atoms. The Bertz CT molecular complexity index is 1050. The molecule has 0 atom stereocenters. The Morgan fingerprint density at radius 2 is 1.79 bits per heavy atom. The summed E-state index contributed by atoms with van der Waals surface area (Å²) >= 11 is 0. The molecule has 2 aromatic carbocycles. The van der Waals surface area contributed by atoms with Gasteiger partial charge in [0, 0.05) is 5.69 Å². The van der Waals surface area contributed by atoms with Crippen LogP contribution in [0.4, 0.5) is 5.69 Å². The van der Waals surface area contributed by atoms with E-state index in [9.17, 15) is 13.2 Å². The fourth-order valence-electron chi connectivity index (χ4n) is 2.85. The Morgan fingerprint density at radius 3 is 2.43 bits per heavy atom. The first-order valence-corrected chi connectivity index (χ1v) is 10.2. The van der Waals surface area contributed by atoms with Gasteiger partial charge in [0.2, 0.25) is 15.9 Å². The first kappa shape index (κ1) is 19.9. The lowest BCUT2D eigenvalue weighted by molar-refractivity contribution is -0.116. The fraction of sp³-hybridized carbons (Fsp3) is 0.190. The van der Waals surface area contributed by atoms with Crippen LogP contribution in [0.3, 0.4) is 0 Å². The first-order chi connectivity index (χ1) is 13.4. The van der Waals surface area contributed by atoms with E-state index in [1.54, 1.807) is 30.3 Å². The first-order valence-electron chi connectivity index (χ1n) is 8.81. The summed E-state index contributed by atoms with van der Waals surface area (Å²) in [5, 5.41) is 2.80. The van der Waals surface area contributed by atoms with Crippen molar-refractivity contribution < 1.29 is 17.6 Å². The summed E-state index contributed by atoms with van der Waals surface area (Å²) in [5.74, 6) is 0.0387. The second kappa shape index (κ2) is 8.41. The van der Waals surface area contributed by atoms with Gasteiger partial charge in [-0.3, -0.25) is 4.79 Å². The van der Waals surface area contributed by atoms with Gasteiger partial charge in [-0.25, -0.2) is 8.42 Å². The smallest absolute Gasteiger partial charge is 0.243 e. The topological polar surface area (TPSA) is 79.6 Å². The third-order valence-electron chi connectivity index (χ3n) is 4.27. The van der Waals surface area contributed by atoms with Crippen LogP contribution < -0.4 is 5.32 Å². The Balaban J connectivity index is 1.83. The summed E-state index contributed by atoms with van der Waals surface area (Å²) in [6.07, 6.45) is 1.47. The molecule has 28 heavy (non-hydrogen) atoms. The van der Waals surface area contributed by atoms with Gasteiger partial charge in [0.05, 0.1) is 24.2 Å². The predicted molar refractivity (Wildman–Crippen MR) is 107 cm³/mol. The number of hydrogen-bond acceptors (Lipinski definition) is 4. The van der Waals surface area contributed by atoms with Crippen molar-refractivity contribution in [2.45, 2.75) is 25.3 Å². The van der Waals surface area contributed by atoms with E-state index in [0.717, 1.165) is 15.4 Å². The van der Waals surface area contributed by atoms with Crippen LogP contribution in [-0.4, -0.2) is 25.2 Å². The van der Waals surface area contributed by atoms with E-state index < -0.39 is 15.9 Å². The summed E-state index contributed by atoms with van der Waals surface area (Å²) < 4.78 is 32.5. The van der Waals surface area contributed by atoms with Gasteiger partial charge in [-0.2, -0.15) is 4.31 Å². The summed E-state index contributed by atoms with van der Waals surface area (Å²) in [6.45, 7) is 3.50. The molecule has 3 rings (SSSR count). The lowest BCUT2D eigenvalue weighted by Gasteiger charge is -2.21. The Kier molecular flexibility index (Phi) is 5.96. The molecule has 6 nitrogen and oxygen atoms in total. The molecular formula is C21H22N2O4S. The Labute approximate surface area is 164 Å². The average Bonchev–Trinajstić information content (AvgIpc) is 3.17. The minimum absolute atomic E-state index is 0.0372. The molecule has 0 aliphatic carbocycles. The van der Waals surface area contributed by atoms with Gasteiger partial charge in [0.15, 0.2) is 0 Å². The van der Waals surface area contributed by atoms with Crippen LogP contribution in [0.5, 0.6) is 0 Å². The summed E-state index contributed by atoms with van der Waals surface area (Å²) in [4.78, 5) is 12.7. The van der Waals surface area contributed by atoms with Crippen molar-refractivity contribution in [3.63, 3.8) is 0 Å². The largest absolute Gasteiger partial charge is 0.468 e. The summed E-state index contributed by atoms with van der Waals surface area (Å²) in [6, 6.07) is 17.1. The van der Waals surface area contributed by atoms with Crippen LogP contribution in [0.1, 0.15) is 16.9 Å². The molecule has 0 saturated carbocycles. The molecule has 0 aliphatic rings. The molecule has 1 heterocycles. The predicted octanol–water partition coefficient (Wildman–Crippen LogP) is 3.73. The molecule has 0 saturated heterocycles. The SMILES string of the molecule is Cc1ccc(NC(=O)CN(Cc2ccco2)S(=O)(=O)c2ccccc2)c(C)c1. The van der Waals surface area contributed by atoms with Gasteiger partial charge in [-0.05, 0) is 49.7 Å². The van der Waals surface area contributed by atoms with Crippen molar-refractivity contribution in [1.82, 2.24) is 4.31 Å². The number of sulfonamides is 1. The highest BCUT2D eigenvalue weighted by molar-refractivity contribution is 7.89. The van der Waals surface area contributed by atoms with Gasteiger partial charge in [-0.15, -0.1) is 0 Å². The molecule has 1 amide bonds. The van der Waals surface area contributed by atoms with E-state index in [1.807, 2.05) is 32.0 Å². The molecule has 1 aromatic heterocycles. The van der Waals surface area contributed by atoms with E-state index >= 15 is 0 Å². The number of anilines is 1. The van der Waals surface area contributed by atoms with Crippen LogP contribution in [0, 0.1) is 13.8 Å². The number of nitrogens with zero attached hydrogens (tertiary/aromatic N) is 1. The third kappa shape index (κ3) is 4.68. The minimum atomic E-state index is -3.87. The van der Waals surface area contributed by atoms with E-state index in [2.05, 4.69) is 5.32 Å². The standard InChI is InChI=1S/C21H22N2O4S/c1-16-10-11-20(17(2)13-16)22-21(24)15-23(14-18-7-6-12-27-18)28(25,26)19-8-4-3-5-9-19/h3-13H,14-15H2,1-2H3,(H,22,24). The fourth-order valence-corrected chi connectivity index (χ4v) is 4.23. The van der Waals surface area contributed by atoms with E-state index in [4.69, 9.17) is 4.42 Å². The maximum absolute atomic E-state index is 13.1. The zero-order chi connectivity index (χ0) is 20.1. The lowest BCUT2D eigenvalue weighted by atomic mass is 10.1. The van der Waals surface area contributed by atoms with Crippen molar-refractivity contribution in [1.29, 1.82) is 0 Å². The number of carbonyl (C=O) groups is 1. The Morgan fingerprint density at radius 1 is 1.04 bits per heavy atom. The normalized spacial score (nSPS) is 11.5. The van der Waals surface area contributed by atoms with Crippen molar-refractivity contribution >= 4 is 21.6 Å². The second-order valence-electron chi connectivity index (χ2n) is 6.53. The molecule has 146 valence electrons. The summed E-state index contributed by atoms with van der Waals surface area (Å²) in [7, 11) is -3.87. The highest BCUT2D eigenvalue weighted by Crippen LogP contribution is 2.20. The number of furan rings is 1. The molecule has 0 aliphatic heterocycles. The third-order valence-corrected chi connectivity index (χ3v) is 6.08. The number of amides is 1. The zero-order valence-electron chi connectivity index (χ0n) is 15.8. The maximum Gasteiger partial charge on any atom is 0.243 e. The van der Waals surface area contributed by atoms with Crippen LogP contribution in [0.2, 0.25) is 0 Å². The van der Waals surface area contributed by atoms with E-state index in [0.29, 0.717) is 11.4 Å². The van der Waals surface area contributed by atoms with Crippen molar-refractivity contribution in [3.8, 4) is 0 Å². The van der Waals surface area contributed by atoms with E-state index in [1.165, 1.54) is 18.4 Å². The van der Waals surface area contributed by atoms with Crippen LogP contribution in [-0.2, 0) is 21.4 Å². The van der Waals surface area contributed by atoms with Gasteiger partial charge in [0.25, 0.3) is 0 Å². The number of hydrogen-bond donors (Lipinski definition) is 1. The number of benzene rings is 2. The van der Waals surface area contributed by atoms with Gasteiger partial charge in [0.1, 0.15) is 5.76 Å². The molecule has 3 aromatic rings. The molecule has 0 fully saturated rings. The highest BCUT2D eigenvalue weighted by Gasteiger charge is 2.27.